The highest BCUT2D eigenvalue weighted by molar-refractivity contribution is 6.16. The first kappa shape index (κ1) is 20.7. The van der Waals surface area contributed by atoms with Gasteiger partial charge < -0.3 is 40.5 Å². The molecule has 1 heterocycles. The van der Waals surface area contributed by atoms with Crippen molar-refractivity contribution in [2.45, 2.75) is 43.0 Å². The lowest BCUT2D eigenvalue weighted by Crippen LogP contribution is -2.60. The van der Waals surface area contributed by atoms with E-state index in [0.717, 1.165) is 0 Å². The Bertz CT molecular complexity index is 987. The SMILES string of the molecule is O=C1c2c(O)cccc2[C@@H]([C@@H]2O[C@H](CO)[C@H](O)[C@H](O)[C@@H]2O)c2cc(CO)cc(O)c21. The average molecular weight is 418 g/mol. The van der Waals surface area contributed by atoms with Crippen LogP contribution in [0.2, 0.25) is 0 Å². The fourth-order valence-electron chi connectivity index (χ4n) is 4.41. The van der Waals surface area contributed by atoms with Gasteiger partial charge in [0.1, 0.15) is 35.9 Å². The molecule has 0 amide bonds. The Morgan fingerprint density at radius 2 is 1.57 bits per heavy atom. The fraction of sp³-hybridized carbons (Fsp3) is 0.381. The second kappa shape index (κ2) is 7.62. The van der Waals surface area contributed by atoms with E-state index in [1.165, 1.54) is 24.3 Å². The van der Waals surface area contributed by atoms with Crippen molar-refractivity contribution in [3.8, 4) is 11.5 Å². The third kappa shape index (κ3) is 2.99. The van der Waals surface area contributed by atoms with Crippen LogP contribution in [-0.4, -0.2) is 78.7 Å². The van der Waals surface area contributed by atoms with Crippen LogP contribution in [0.15, 0.2) is 30.3 Å². The number of aliphatic hydroxyl groups is 5. The van der Waals surface area contributed by atoms with Crippen LogP contribution in [0, 0.1) is 0 Å². The van der Waals surface area contributed by atoms with E-state index in [1.54, 1.807) is 6.07 Å². The lowest BCUT2D eigenvalue weighted by atomic mass is 9.71. The van der Waals surface area contributed by atoms with Gasteiger partial charge in [0.25, 0.3) is 0 Å². The average Bonchev–Trinajstić information content (AvgIpc) is 2.73. The fourth-order valence-corrected chi connectivity index (χ4v) is 4.41. The monoisotopic (exact) mass is 418 g/mol. The molecule has 2 aliphatic rings. The number of ether oxygens (including phenoxy) is 1. The van der Waals surface area contributed by atoms with Crippen molar-refractivity contribution in [1.82, 2.24) is 0 Å². The molecule has 1 aliphatic heterocycles. The minimum Gasteiger partial charge on any atom is -0.507 e. The van der Waals surface area contributed by atoms with E-state index in [9.17, 15) is 40.5 Å². The highest BCUT2D eigenvalue weighted by atomic mass is 16.5. The third-order valence-electron chi connectivity index (χ3n) is 5.85. The van der Waals surface area contributed by atoms with E-state index in [-0.39, 0.29) is 28.0 Å². The summed E-state index contributed by atoms with van der Waals surface area (Å²) in [4.78, 5) is 13.1. The lowest BCUT2D eigenvalue weighted by Gasteiger charge is -2.45. The number of ketones is 1. The molecule has 7 N–H and O–H groups in total. The number of hydrogen-bond acceptors (Lipinski definition) is 9. The van der Waals surface area contributed by atoms with Crippen molar-refractivity contribution in [1.29, 1.82) is 0 Å². The molecular weight excluding hydrogens is 396 g/mol. The Hall–Kier alpha value is -2.53. The van der Waals surface area contributed by atoms with Gasteiger partial charge in [-0.25, -0.2) is 0 Å². The first-order valence-electron chi connectivity index (χ1n) is 9.43. The lowest BCUT2D eigenvalue weighted by molar-refractivity contribution is -0.232. The van der Waals surface area contributed by atoms with Gasteiger partial charge in [0.05, 0.1) is 30.4 Å². The molecule has 9 heteroatoms. The zero-order valence-corrected chi connectivity index (χ0v) is 15.7. The molecular formula is C21H22O9. The van der Waals surface area contributed by atoms with Crippen LogP contribution in [0.1, 0.15) is 38.5 Å². The van der Waals surface area contributed by atoms with Crippen LogP contribution < -0.4 is 0 Å². The minimum atomic E-state index is -1.64. The van der Waals surface area contributed by atoms with Gasteiger partial charge in [-0.15, -0.1) is 0 Å². The normalized spacial score (nSPS) is 30.6. The summed E-state index contributed by atoms with van der Waals surface area (Å²) < 4.78 is 5.73. The molecule has 160 valence electrons. The smallest absolute Gasteiger partial charge is 0.201 e. The van der Waals surface area contributed by atoms with E-state index in [2.05, 4.69) is 0 Å². The molecule has 9 nitrogen and oxygen atoms in total. The number of aromatic hydroxyl groups is 2. The van der Waals surface area contributed by atoms with Crippen molar-refractivity contribution in [2.75, 3.05) is 6.61 Å². The molecule has 6 atom stereocenters. The summed E-state index contributed by atoms with van der Waals surface area (Å²) in [7, 11) is 0. The van der Waals surface area contributed by atoms with Crippen LogP contribution in [0.3, 0.4) is 0 Å². The molecule has 2 aromatic carbocycles. The van der Waals surface area contributed by atoms with Gasteiger partial charge in [-0.3, -0.25) is 4.79 Å². The molecule has 0 bridgehead atoms. The van der Waals surface area contributed by atoms with Crippen LogP contribution in [0.25, 0.3) is 0 Å². The predicted molar refractivity (Wildman–Crippen MR) is 101 cm³/mol. The van der Waals surface area contributed by atoms with Crippen molar-refractivity contribution >= 4 is 5.78 Å². The summed E-state index contributed by atoms with van der Waals surface area (Å²) in [5, 5.41) is 71.0. The van der Waals surface area contributed by atoms with Crippen LogP contribution >= 0.6 is 0 Å². The van der Waals surface area contributed by atoms with Crippen LogP contribution in [-0.2, 0) is 11.3 Å². The molecule has 1 fully saturated rings. The number of hydrogen-bond donors (Lipinski definition) is 7. The quantitative estimate of drug-likeness (QED) is 0.334. The maximum absolute atomic E-state index is 13.1. The molecule has 0 radical (unpaired) electrons. The van der Waals surface area contributed by atoms with Crippen molar-refractivity contribution in [2.24, 2.45) is 0 Å². The Labute approximate surface area is 171 Å². The van der Waals surface area contributed by atoms with Gasteiger partial charge in [0.15, 0.2) is 0 Å². The van der Waals surface area contributed by atoms with Crippen molar-refractivity contribution < 1.29 is 45.3 Å². The summed E-state index contributed by atoms with van der Waals surface area (Å²) in [6.45, 7) is -1.06. The molecule has 30 heavy (non-hydrogen) atoms. The Kier molecular flexibility index (Phi) is 5.27. The van der Waals surface area contributed by atoms with E-state index in [0.29, 0.717) is 5.56 Å². The highest BCUT2D eigenvalue weighted by Crippen LogP contribution is 2.47. The first-order valence-corrected chi connectivity index (χ1v) is 9.43. The van der Waals surface area contributed by atoms with Gasteiger partial charge in [-0.1, -0.05) is 18.2 Å². The number of phenols is 2. The van der Waals surface area contributed by atoms with Gasteiger partial charge in [-0.2, -0.15) is 0 Å². The predicted octanol–water partition coefficient (Wildman–Crippen LogP) is -0.891. The first-order chi connectivity index (χ1) is 14.3. The summed E-state index contributed by atoms with van der Waals surface area (Å²) >= 11 is 0. The molecule has 1 aliphatic carbocycles. The van der Waals surface area contributed by atoms with Crippen LogP contribution in [0.5, 0.6) is 11.5 Å². The van der Waals surface area contributed by atoms with Gasteiger partial charge in [0, 0.05) is 5.92 Å². The van der Waals surface area contributed by atoms with Crippen molar-refractivity contribution in [3.63, 3.8) is 0 Å². The largest absolute Gasteiger partial charge is 0.507 e. The molecule has 0 unspecified atom stereocenters. The van der Waals surface area contributed by atoms with Gasteiger partial charge >= 0.3 is 0 Å². The molecule has 1 saturated heterocycles. The second-order valence-electron chi connectivity index (χ2n) is 7.58. The maximum Gasteiger partial charge on any atom is 0.201 e. The van der Waals surface area contributed by atoms with E-state index in [4.69, 9.17) is 4.74 Å². The third-order valence-corrected chi connectivity index (χ3v) is 5.85. The van der Waals surface area contributed by atoms with Gasteiger partial charge in [-0.05, 0) is 28.8 Å². The topological polar surface area (TPSA) is 168 Å². The second-order valence-corrected chi connectivity index (χ2v) is 7.58. The Morgan fingerprint density at radius 1 is 0.867 bits per heavy atom. The number of phenolic OH excluding ortho intramolecular Hbond substituents is 2. The van der Waals surface area contributed by atoms with E-state index < -0.39 is 61.2 Å². The summed E-state index contributed by atoms with van der Waals surface area (Å²) in [5.74, 6) is -2.34. The standard InChI is InChI=1S/C21H22O9/c22-6-8-4-10-14(21-20(29)19(28)17(26)13(7-23)30-21)9-2-1-3-11(24)15(9)18(27)16(10)12(25)5-8/h1-5,13-14,17,19-26,28-29H,6-7H2/t13-,14-,17+,19+,20+,21+/m1/s1. The highest BCUT2D eigenvalue weighted by Gasteiger charge is 2.50. The zero-order valence-electron chi connectivity index (χ0n) is 15.7. The maximum atomic E-state index is 13.1. The molecule has 4 rings (SSSR count). The number of benzene rings is 2. The zero-order chi connectivity index (χ0) is 21.7. The summed E-state index contributed by atoms with van der Waals surface area (Å²) in [5.41, 5.74) is 0.609. The van der Waals surface area contributed by atoms with E-state index in [1.807, 2.05) is 0 Å². The number of fused-ring (bicyclic) bond motifs is 2. The molecule has 0 spiro atoms. The minimum absolute atomic E-state index is 0.0843. The van der Waals surface area contributed by atoms with Gasteiger partial charge in [0.2, 0.25) is 5.78 Å². The Balaban J connectivity index is 1.96. The Morgan fingerprint density at radius 3 is 2.23 bits per heavy atom. The molecule has 0 saturated carbocycles. The number of aliphatic hydroxyl groups excluding tert-OH is 5. The number of rotatable bonds is 3. The number of carbonyl (C=O) groups excluding carboxylic acids is 1. The van der Waals surface area contributed by atoms with Crippen molar-refractivity contribution in [3.05, 3.63) is 58.1 Å². The van der Waals surface area contributed by atoms with Crippen LogP contribution in [0.4, 0.5) is 0 Å². The number of carbonyl (C=O) groups is 1. The molecule has 0 aromatic heterocycles. The van der Waals surface area contributed by atoms with E-state index >= 15 is 0 Å². The summed E-state index contributed by atoms with van der Waals surface area (Å²) in [6.07, 6.45) is -7.22. The summed E-state index contributed by atoms with van der Waals surface area (Å²) in [6, 6.07) is 7.06. The molecule has 2 aromatic rings.